The second-order valence-corrected chi connectivity index (χ2v) is 6.76. The van der Waals surface area contributed by atoms with E-state index >= 15 is 0 Å². The van der Waals surface area contributed by atoms with Gasteiger partial charge in [0.15, 0.2) is 5.65 Å². The topological polar surface area (TPSA) is 67.7 Å². The van der Waals surface area contributed by atoms with Crippen molar-refractivity contribution in [3.05, 3.63) is 47.6 Å². The lowest BCUT2D eigenvalue weighted by Crippen LogP contribution is -2.42. The number of aromatic nitrogens is 4. The molecule has 25 heavy (non-hydrogen) atoms. The van der Waals surface area contributed by atoms with Crippen molar-refractivity contribution in [1.29, 1.82) is 0 Å². The minimum absolute atomic E-state index is 0.134. The minimum atomic E-state index is 0.134. The van der Waals surface area contributed by atoms with Crippen molar-refractivity contribution in [2.75, 3.05) is 5.32 Å². The van der Waals surface area contributed by atoms with Crippen LogP contribution in [-0.2, 0) is 6.54 Å². The molecule has 1 aliphatic heterocycles. The van der Waals surface area contributed by atoms with E-state index in [0.717, 1.165) is 53.5 Å². The molecule has 2 atom stereocenters. The van der Waals surface area contributed by atoms with Gasteiger partial charge < -0.3 is 9.88 Å². The highest BCUT2D eigenvalue weighted by Crippen LogP contribution is 2.25. The van der Waals surface area contributed by atoms with Gasteiger partial charge in [-0.25, -0.2) is 15.0 Å². The Morgan fingerprint density at radius 1 is 1.32 bits per heavy atom. The van der Waals surface area contributed by atoms with Gasteiger partial charge in [0.25, 0.3) is 0 Å². The predicted octanol–water partition coefficient (Wildman–Crippen LogP) is 3.75. The summed E-state index contributed by atoms with van der Waals surface area (Å²) in [5.74, 6) is 0.834. The van der Waals surface area contributed by atoms with E-state index in [1.54, 1.807) is 0 Å². The van der Waals surface area contributed by atoms with E-state index in [-0.39, 0.29) is 12.2 Å². The SMILES string of the molecule is CCn1cnc2cnc(C3CCCC(Nc4cccc(Cl)c4)N3)nc21. The first-order chi connectivity index (χ1) is 12.2. The number of hydrogen-bond donors (Lipinski definition) is 2. The smallest absolute Gasteiger partial charge is 0.163 e. The first-order valence-electron chi connectivity index (χ1n) is 8.69. The van der Waals surface area contributed by atoms with Crippen LogP contribution < -0.4 is 10.6 Å². The third-order valence-corrected chi connectivity index (χ3v) is 4.82. The van der Waals surface area contributed by atoms with Gasteiger partial charge in [0.05, 0.1) is 24.7 Å². The Balaban J connectivity index is 1.52. The third kappa shape index (κ3) is 3.45. The maximum Gasteiger partial charge on any atom is 0.163 e. The summed E-state index contributed by atoms with van der Waals surface area (Å²) in [5, 5.41) is 7.87. The third-order valence-electron chi connectivity index (χ3n) is 4.58. The number of hydrogen-bond acceptors (Lipinski definition) is 5. The van der Waals surface area contributed by atoms with Gasteiger partial charge in [0.1, 0.15) is 11.3 Å². The van der Waals surface area contributed by atoms with Gasteiger partial charge in [-0.1, -0.05) is 17.7 Å². The number of anilines is 1. The fourth-order valence-corrected chi connectivity index (χ4v) is 3.49. The molecule has 3 heterocycles. The van der Waals surface area contributed by atoms with Gasteiger partial charge >= 0.3 is 0 Å². The second-order valence-electron chi connectivity index (χ2n) is 6.33. The van der Waals surface area contributed by atoms with Crippen LogP contribution in [0.1, 0.15) is 38.1 Å². The molecule has 0 bridgehead atoms. The summed E-state index contributed by atoms with van der Waals surface area (Å²) in [5.41, 5.74) is 2.76. The molecule has 0 spiro atoms. The Morgan fingerprint density at radius 2 is 2.24 bits per heavy atom. The first kappa shape index (κ1) is 16.3. The number of halogens is 1. The molecule has 0 amide bonds. The number of imidazole rings is 1. The normalized spacial score (nSPS) is 20.7. The molecule has 2 N–H and O–H groups in total. The van der Waals surface area contributed by atoms with Crippen LogP contribution in [0.2, 0.25) is 5.02 Å². The minimum Gasteiger partial charge on any atom is -0.370 e. The monoisotopic (exact) mass is 356 g/mol. The lowest BCUT2D eigenvalue weighted by atomic mass is 10.0. The first-order valence-corrected chi connectivity index (χ1v) is 9.06. The summed E-state index contributed by atoms with van der Waals surface area (Å²) in [4.78, 5) is 13.6. The number of piperidine rings is 1. The second kappa shape index (κ2) is 6.98. The van der Waals surface area contributed by atoms with Gasteiger partial charge in [-0.3, -0.25) is 5.32 Å². The molecule has 3 aromatic rings. The van der Waals surface area contributed by atoms with E-state index in [0.29, 0.717) is 0 Å². The Hall–Kier alpha value is -2.18. The van der Waals surface area contributed by atoms with Crippen molar-refractivity contribution >= 4 is 28.5 Å². The van der Waals surface area contributed by atoms with Crippen LogP contribution in [0.25, 0.3) is 11.2 Å². The summed E-state index contributed by atoms with van der Waals surface area (Å²) in [6.07, 6.45) is 7.01. The van der Waals surface area contributed by atoms with Gasteiger partial charge in [-0.05, 0) is 44.4 Å². The molecule has 2 unspecified atom stereocenters. The maximum absolute atomic E-state index is 6.07. The van der Waals surface area contributed by atoms with Crippen molar-refractivity contribution in [1.82, 2.24) is 24.8 Å². The number of nitrogens with one attached hydrogen (secondary N) is 2. The van der Waals surface area contributed by atoms with Gasteiger partial charge in [-0.15, -0.1) is 0 Å². The zero-order valence-electron chi connectivity index (χ0n) is 14.1. The van der Waals surface area contributed by atoms with Crippen LogP contribution in [0.3, 0.4) is 0 Å². The Bertz CT molecular complexity index is 877. The molecule has 0 radical (unpaired) electrons. The molecule has 1 fully saturated rings. The fraction of sp³-hybridized carbons (Fsp3) is 0.389. The van der Waals surface area contributed by atoms with Crippen LogP contribution >= 0.6 is 11.6 Å². The number of aryl methyl sites for hydroxylation is 1. The zero-order chi connectivity index (χ0) is 17.2. The molecule has 1 aromatic carbocycles. The lowest BCUT2D eigenvalue weighted by Gasteiger charge is -2.31. The number of fused-ring (bicyclic) bond motifs is 1. The largest absolute Gasteiger partial charge is 0.370 e. The van der Waals surface area contributed by atoms with Gasteiger partial charge in [0, 0.05) is 17.3 Å². The zero-order valence-corrected chi connectivity index (χ0v) is 14.9. The Morgan fingerprint density at radius 3 is 3.08 bits per heavy atom. The summed E-state index contributed by atoms with van der Waals surface area (Å²) >= 11 is 6.07. The average molecular weight is 357 g/mol. The Kier molecular flexibility index (Phi) is 4.55. The number of benzene rings is 1. The van der Waals surface area contributed by atoms with Crippen LogP contribution in [0, 0.1) is 0 Å². The summed E-state index contributed by atoms with van der Waals surface area (Å²) in [6, 6.07) is 7.93. The van der Waals surface area contributed by atoms with Crippen LogP contribution in [0.4, 0.5) is 5.69 Å². The number of rotatable bonds is 4. The molecule has 130 valence electrons. The fourth-order valence-electron chi connectivity index (χ4n) is 3.30. The quantitative estimate of drug-likeness (QED) is 0.745. The van der Waals surface area contributed by atoms with Gasteiger partial charge in [0.2, 0.25) is 0 Å². The highest BCUT2D eigenvalue weighted by Gasteiger charge is 2.24. The van der Waals surface area contributed by atoms with Crippen LogP contribution in [-0.4, -0.2) is 25.7 Å². The average Bonchev–Trinajstić information content (AvgIpc) is 3.04. The van der Waals surface area contributed by atoms with Crippen molar-refractivity contribution in [3.63, 3.8) is 0 Å². The van der Waals surface area contributed by atoms with Crippen molar-refractivity contribution < 1.29 is 0 Å². The molecular formula is C18H21ClN6. The van der Waals surface area contributed by atoms with Gasteiger partial charge in [-0.2, -0.15) is 0 Å². The van der Waals surface area contributed by atoms with Crippen molar-refractivity contribution in [2.45, 2.75) is 44.9 Å². The molecule has 0 aliphatic carbocycles. The molecule has 0 saturated carbocycles. The summed E-state index contributed by atoms with van der Waals surface area (Å²) < 4.78 is 2.05. The molecular weight excluding hydrogens is 336 g/mol. The summed E-state index contributed by atoms with van der Waals surface area (Å²) in [7, 11) is 0. The molecule has 7 heteroatoms. The summed E-state index contributed by atoms with van der Waals surface area (Å²) in [6.45, 7) is 2.94. The molecule has 4 rings (SSSR count). The standard InChI is InChI=1S/C18H21ClN6/c1-2-25-11-21-15-10-20-17(24-18(15)25)14-7-4-8-16(23-14)22-13-6-3-5-12(19)9-13/h3,5-6,9-11,14,16,22-23H,2,4,7-8H2,1H3. The van der Waals surface area contributed by atoms with Crippen LogP contribution in [0.5, 0.6) is 0 Å². The van der Waals surface area contributed by atoms with E-state index in [4.69, 9.17) is 16.6 Å². The molecule has 2 aromatic heterocycles. The maximum atomic E-state index is 6.07. The molecule has 6 nitrogen and oxygen atoms in total. The van der Waals surface area contributed by atoms with Crippen LogP contribution in [0.15, 0.2) is 36.8 Å². The Labute approximate surface area is 151 Å². The lowest BCUT2D eigenvalue weighted by molar-refractivity contribution is 0.337. The van der Waals surface area contributed by atoms with Crippen molar-refractivity contribution in [2.24, 2.45) is 0 Å². The van der Waals surface area contributed by atoms with Crippen molar-refractivity contribution in [3.8, 4) is 0 Å². The van der Waals surface area contributed by atoms with E-state index in [2.05, 4.69) is 27.5 Å². The number of nitrogens with zero attached hydrogens (tertiary/aromatic N) is 4. The predicted molar refractivity (Wildman–Crippen MR) is 99.6 cm³/mol. The molecule has 1 aliphatic rings. The molecule has 1 saturated heterocycles. The van der Waals surface area contributed by atoms with E-state index in [1.165, 1.54) is 0 Å². The highest BCUT2D eigenvalue weighted by molar-refractivity contribution is 6.30. The van der Waals surface area contributed by atoms with E-state index in [1.807, 2.05) is 41.4 Å². The highest BCUT2D eigenvalue weighted by atomic mass is 35.5. The van der Waals surface area contributed by atoms with E-state index < -0.39 is 0 Å². The van der Waals surface area contributed by atoms with E-state index in [9.17, 15) is 0 Å².